The van der Waals surface area contributed by atoms with E-state index in [0.29, 0.717) is 21.7 Å². The number of nitrogen functional groups attached to an aromatic ring is 1. The lowest BCUT2D eigenvalue weighted by Crippen LogP contribution is -2.11. The second-order valence-electron chi connectivity index (χ2n) is 5.04. The Morgan fingerprint density at radius 1 is 1.33 bits per heavy atom. The maximum absolute atomic E-state index is 12.3. The zero-order valence-electron chi connectivity index (χ0n) is 11.0. The molecule has 3 N–H and O–H groups in total. The number of carbonyl (C=O) groups excluding carboxylic acids is 1. The topological polar surface area (TPSA) is 80.9 Å². The number of carbonyl (C=O) groups is 1. The van der Waals surface area contributed by atoms with Crippen LogP contribution in [0, 0.1) is 0 Å². The predicted molar refractivity (Wildman–Crippen MR) is 86.1 cm³/mol. The Balaban J connectivity index is 1.56. The van der Waals surface area contributed by atoms with Gasteiger partial charge in [0.15, 0.2) is 10.3 Å². The summed E-state index contributed by atoms with van der Waals surface area (Å²) in [5.74, 6) is 0.448. The number of fused-ring (bicyclic) bond motifs is 1. The predicted octanol–water partition coefficient (Wildman–Crippen LogP) is 3.46. The van der Waals surface area contributed by atoms with Crippen molar-refractivity contribution < 1.29 is 4.79 Å². The first kappa shape index (κ1) is 12.7. The summed E-state index contributed by atoms with van der Waals surface area (Å²) in [6.45, 7) is 0. The summed E-state index contributed by atoms with van der Waals surface area (Å²) in [6, 6.07) is 5.38. The summed E-state index contributed by atoms with van der Waals surface area (Å²) in [6.07, 6.45) is 2.42. The number of benzene rings is 1. The van der Waals surface area contributed by atoms with Crippen molar-refractivity contribution in [3.05, 3.63) is 34.8 Å². The molecule has 0 bridgehead atoms. The average molecular weight is 316 g/mol. The van der Waals surface area contributed by atoms with Crippen molar-refractivity contribution in [1.82, 2.24) is 9.97 Å². The van der Waals surface area contributed by atoms with Gasteiger partial charge in [-0.05, 0) is 31.0 Å². The Hall–Kier alpha value is -1.99. The molecule has 0 aliphatic heterocycles. The lowest BCUT2D eigenvalue weighted by atomic mass is 10.2. The van der Waals surface area contributed by atoms with E-state index in [1.807, 2.05) is 17.5 Å². The maximum atomic E-state index is 12.3. The van der Waals surface area contributed by atoms with Crippen molar-refractivity contribution in [3.63, 3.8) is 0 Å². The summed E-state index contributed by atoms with van der Waals surface area (Å²) >= 11 is 2.86. The molecule has 1 saturated carbocycles. The lowest BCUT2D eigenvalue weighted by molar-refractivity contribution is 0.102. The number of anilines is 2. The van der Waals surface area contributed by atoms with Crippen LogP contribution in [0.1, 0.15) is 34.8 Å². The van der Waals surface area contributed by atoms with E-state index in [4.69, 9.17) is 5.73 Å². The highest BCUT2D eigenvalue weighted by molar-refractivity contribution is 7.22. The summed E-state index contributed by atoms with van der Waals surface area (Å²) in [4.78, 5) is 20.9. The molecular weight excluding hydrogens is 304 g/mol. The van der Waals surface area contributed by atoms with Gasteiger partial charge in [0.2, 0.25) is 0 Å². The fourth-order valence-corrected chi connectivity index (χ4v) is 3.72. The molecule has 0 atom stereocenters. The monoisotopic (exact) mass is 316 g/mol. The first-order valence-electron chi connectivity index (χ1n) is 6.62. The molecule has 0 saturated heterocycles. The fourth-order valence-electron chi connectivity index (χ4n) is 2.16. The molecule has 1 amide bonds. The molecule has 3 aromatic rings. The van der Waals surface area contributed by atoms with Crippen LogP contribution in [0.2, 0.25) is 0 Å². The summed E-state index contributed by atoms with van der Waals surface area (Å²) in [7, 11) is 0. The summed E-state index contributed by atoms with van der Waals surface area (Å²) in [5.41, 5.74) is 8.18. The van der Waals surface area contributed by atoms with Crippen LogP contribution < -0.4 is 11.1 Å². The van der Waals surface area contributed by atoms with E-state index in [1.165, 1.54) is 35.5 Å². The van der Waals surface area contributed by atoms with Gasteiger partial charge in [0, 0.05) is 16.9 Å². The molecule has 4 rings (SSSR count). The average Bonchev–Trinajstić information content (AvgIpc) is 3.09. The number of rotatable bonds is 3. The third-order valence-corrected chi connectivity index (χ3v) is 5.03. The minimum Gasteiger partial charge on any atom is -0.375 e. The molecule has 2 heterocycles. The van der Waals surface area contributed by atoms with Crippen molar-refractivity contribution in [2.75, 3.05) is 11.1 Å². The normalized spacial score (nSPS) is 14.5. The van der Waals surface area contributed by atoms with Crippen molar-refractivity contribution in [1.29, 1.82) is 0 Å². The number of nitrogens with one attached hydrogen (secondary N) is 1. The van der Waals surface area contributed by atoms with E-state index in [9.17, 15) is 4.79 Å². The van der Waals surface area contributed by atoms with Crippen LogP contribution in [0.4, 0.5) is 10.3 Å². The van der Waals surface area contributed by atoms with Crippen LogP contribution in [0.25, 0.3) is 10.2 Å². The molecule has 1 aromatic carbocycles. The van der Waals surface area contributed by atoms with Gasteiger partial charge >= 0.3 is 0 Å². The van der Waals surface area contributed by atoms with Gasteiger partial charge in [-0.3, -0.25) is 10.1 Å². The van der Waals surface area contributed by atoms with E-state index in [1.54, 1.807) is 6.07 Å². The molecule has 1 fully saturated rings. The zero-order chi connectivity index (χ0) is 14.4. The highest BCUT2D eigenvalue weighted by atomic mass is 32.1. The first-order chi connectivity index (χ1) is 10.2. The van der Waals surface area contributed by atoms with Gasteiger partial charge in [-0.1, -0.05) is 11.3 Å². The van der Waals surface area contributed by atoms with Crippen LogP contribution in [0.5, 0.6) is 0 Å². The highest BCUT2D eigenvalue weighted by Crippen LogP contribution is 2.40. The van der Waals surface area contributed by atoms with E-state index < -0.39 is 0 Å². The Morgan fingerprint density at radius 2 is 2.19 bits per heavy atom. The minimum atomic E-state index is -0.152. The van der Waals surface area contributed by atoms with Crippen LogP contribution in [0.3, 0.4) is 0 Å². The van der Waals surface area contributed by atoms with Gasteiger partial charge < -0.3 is 5.73 Å². The van der Waals surface area contributed by atoms with E-state index in [-0.39, 0.29) is 5.91 Å². The van der Waals surface area contributed by atoms with Crippen LogP contribution in [-0.4, -0.2) is 15.9 Å². The maximum Gasteiger partial charge on any atom is 0.257 e. The highest BCUT2D eigenvalue weighted by Gasteiger charge is 2.26. The molecule has 7 heteroatoms. The largest absolute Gasteiger partial charge is 0.375 e. The van der Waals surface area contributed by atoms with Crippen LogP contribution in [0.15, 0.2) is 23.6 Å². The second kappa shape index (κ2) is 4.78. The molecule has 5 nitrogen and oxygen atoms in total. The molecule has 0 unspecified atom stereocenters. The van der Waals surface area contributed by atoms with E-state index in [0.717, 1.165) is 15.9 Å². The SMILES string of the molecule is Nc1nc2ccc(C(=O)Nc3nc(C4CC4)cs3)cc2s1. The zero-order valence-corrected chi connectivity index (χ0v) is 12.6. The summed E-state index contributed by atoms with van der Waals surface area (Å²) in [5, 5.41) is 6.05. The smallest absolute Gasteiger partial charge is 0.257 e. The number of nitrogens with two attached hydrogens (primary N) is 1. The Morgan fingerprint density at radius 3 is 3.00 bits per heavy atom. The van der Waals surface area contributed by atoms with Crippen molar-refractivity contribution in [2.24, 2.45) is 0 Å². The number of aromatic nitrogens is 2. The Kier molecular flexibility index (Phi) is 2.90. The van der Waals surface area contributed by atoms with Gasteiger partial charge in [-0.15, -0.1) is 11.3 Å². The molecule has 0 spiro atoms. The standard InChI is InChI=1S/C14H12N4OS2/c15-13-16-9-4-3-8(5-11(9)21-13)12(19)18-14-17-10(6-20-14)7-1-2-7/h3-7H,1-2H2,(H2,15,16)(H,17,18,19). The molecule has 21 heavy (non-hydrogen) atoms. The number of nitrogens with zero attached hydrogens (tertiary/aromatic N) is 2. The first-order valence-corrected chi connectivity index (χ1v) is 8.31. The lowest BCUT2D eigenvalue weighted by Gasteiger charge is -2.01. The van der Waals surface area contributed by atoms with Crippen molar-refractivity contribution in [2.45, 2.75) is 18.8 Å². The number of hydrogen-bond donors (Lipinski definition) is 2. The van der Waals surface area contributed by atoms with Gasteiger partial charge in [-0.2, -0.15) is 0 Å². The molecular formula is C14H12N4OS2. The molecule has 1 aliphatic rings. The minimum absolute atomic E-state index is 0.152. The number of amides is 1. The van der Waals surface area contributed by atoms with Gasteiger partial charge in [-0.25, -0.2) is 9.97 Å². The number of hydrogen-bond acceptors (Lipinski definition) is 6. The quantitative estimate of drug-likeness (QED) is 0.775. The molecule has 2 aromatic heterocycles. The van der Waals surface area contributed by atoms with Gasteiger partial charge in [0.25, 0.3) is 5.91 Å². The van der Waals surface area contributed by atoms with E-state index >= 15 is 0 Å². The van der Waals surface area contributed by atoms with Crippen LogP contribution >= 0.6 is 22.7 Å². The molecule has 1 aliphatic carbocycles. The molecule has 0 radical (unpaired) electrons. The van der Waals surface area contributed by atoms with Gasteiger partial charge in [0.1, 0.15) is 0 Å². The Bertz CT molecular complexity index is 834. The third kappa shape index (κ3) is 2.50. The van der Waals surface area contributed by atoms with Gasteiger partial charge in [0.05, 0.1) is 15.9 Å². The van der Waals surface area contributed by atoms with Crippen molar-refractivity contribution >= 4 is 49.1 Å². The van der Waals surface area contributed by atoms with E-state index in [2.05, 4.69) is 15.3 Å². The fraction of sp³-hybridized carbons (Fsp3) is 0.214. The number of thiazole rings is 2. The third-order valence-electron chi connectivity index (χ3n) is 3.41. The molecule has 106 valence electrons. The van der Waals surface area contributed by atoms with Crippen molar-refractivity contribution in [3.8, 4) is 0 Å². The summed E-state index contributed by atoms with van der Waals surface area (Å²) < 4.78 is 0.915. The Labute approximate surface area is 128 Å². The van der Waals surface area contributed by atoms with Crippen LogP contribution in [-0.2, 0) is 0 Å². The second-order valence-corrected chi connectivity index (χ2v) is 6.96.